The highest BCUT2D eigenvalue weighted by Crippen LogP contribution is 2.36. The Kier molecular flexibility index (Phi) is 2.50. The number of benzene rings is 1. The lowest BCUT2D eigenvalue weighted by Gasteiger charge is -2.07. The molecule has 0 spiro atoms. The fourth-order valence-corrected chi connectivity index (χ4v) is 2.98. The van der Waals surface area contributed by atoms with Gasteiger partial charge in [-0.05, 0) is 35.3 Å². The van der Waals surface area contributed by atoms with Crippen LogP contribution < -0.4 is 0 Å². The molecule has 0 saturated carbocycles. The Bertz CT molecular complexity index is 950. The lowest BCUT2D eigenvalue weighted by molar-refractivity contribution is 0.103. The first-order valence-electron chi connectivity index (χ1n) is 6.56. The monoisotopic (exact) mass is 339 g/mol. The zero-order valence-electron chi connectivity index (χ0n) is 11.4. The molecule has 0 amide bonds. The van der Waals surface area contributed by atoms with Gasteiger partial charge in [-0.3, -0.25) is 4.79 Å². The topological polar surface area (TPSA) is 55.7 Å². The molecule has 2 heterocycles. The van der Waals surface area contributed by atoms with Crippen molar-refractivity contribution in [3.63, 3.8) is 0 Å². The summed E-state index contributed by atoms with van der Waals surface area (Å²) in [4.78, 5) is 26.1. The Morgan fingerprint density at radius 2 is 1.67 bits per heavy atom. The van der Waals surface area contributed by atoms with Gasteiger partial charge in [-0.15, -0.1) is 0 Å². The van der Waals surface area contributed by atoms with Gasteiger partial charge in [0.1, 0.15) is 16.9 Å². The molecule has 0 aliphatic heterocycles. The number of nitrogens with zero attached hydrogens (tertiary/aromatic N) is 3. The second kappa shape index (κ2) is 4.18. The molecular formula is C16H10BrN3O. The van der Waals surface area contributed by atoms with Crippen LogP contribution in [0.25, 0.3) is 22.4 Å². The molecule has 21 heavy (non-hydrogen) atoms. The fourth-order valence-electron chi connectivity index (χ4n) is 2.70. The van der Waals surface area contributed by atoms with E-state index < -0.39 is 0 Å². The zero-order chi connectivity index (χ0) is 14.7. The maximum absolute atomic E-state index is 12.5. The van der Waals surface area contributed by atoms with Gasteiger partial charge in [-0.2, -0.15) is 0 Å². The number of rotatable bonds is 0. The molecule has 0 atom stereocenters. The maximum atomic E-state index is 12.5. The number of pyridine rings is 1. The number of aromatic nitrogens is 3. The van der Waals surface area contributed by atoms with Crippen molar-refractivity contribution < 1.29 is 4.79 Å². The SMILES string of the molecule is Cc1nc2nc3c(nc2c(C)c1Br)C(=O)c1ccccc1-3. The number of carbonyl (C=O) groups is 1. The third kappa shape index (κ3) is 1.61. The number of aryl methyl sites for hydroxylation is 2. The van der Waals surface area contributed by atoms with Crippen molar-refractivity contribution in [2.75, 3.05) is 0 Å². The van der Waals surface area contributed by atoms with E-state index >= 15 is 0 Å². The van der Waals surface area contributed by atoms with Crippen LogP contribution in [0.5, 0.6) is 0 Å². The first-order chi connectivity index (χ1) is 10.1. The molecule has 5 heteroatoms. The quantitative estimate of drug-likeness (QED) is 0.491. The number of ketones is 1. The Morgan fingerprint density at radius 3 is 2.43 bits per heavy atom. The first kappa shape index (κ1) is 12.6. The summed E-state index contributed by atoms with van der Waals surface area (Å²) < 4.78 is 0.909. The van der Waals surface area contributed by atoms with Crippen LogP contribution in [-0.4, -0.2) is 20.7 Å². The molecular weight excluding hydrogens is 330 g/mol. The third-order valence-electron chi connectivity index (χ3n) is 3.80. The molecule has 4 nitrogen and oxygen atoms in total. The van der Waals surface area contributed by atoms with E-state index in [1.165, 1.54) is 0 Å². The average molecular weight is 340 g/mol. The van der Waals surface area contributed by atoms with Crippen molar-refractivity contribution in [2.45, 2.75) is 13.8 Å². The Balaban J connectivity index is 2.13. The Hall–Kier alpha value is -2.14. The van der Waals surface area contributed by atoms with Crippen molar-refractivity contribution in [3.05, 3.63) is 51.3 Å². The average Bonchev–Trinajstić information content (AvgIpc) is 2.77. The maximum Gasteiger partial charge on any atom is 0.214 e. The summed E-state index contributed by atoms with van der Waals surface area (Å²) in [5, 5.41) is 0. The summed E-state index contributed by atoms with van der Waals surface area (Å²) in [6.07, 6.45) is 0. The Labute approximate surface area is 129 Å². The molecule has 0 N–H and O–H groups in total. The summed E-state index contributed by atoms with van der Waals surface area (Å²) in [7, 11) is 0. The Morgan fingerprint density at radius 1 is 0.952 bits per heavy atom. The number of carbonyl (C=O) groups excluding carboxylic acids is 1. The highest BCUT2D eigenvalue weighted by atomic mass is 79.9. The van der Waals surface area contributed by atoms with E-state index in [4.69, 9.17) is 0 Å². The highest BCUT2D eigenvalue weighted by Gasteiger charge is 2.30. The largest absolute Gasteiger partial charge is 0.287 e. The van der Waals surface area contributed by atoms with Crippen LogP contribution in [0.4, 0.5) is 0 Å². The number of halogens is 1. The van der Waals surface area contributed by atoms with Crippen LogP contribution >= 0.6 is 15.9 Å². The summed E-state index contributed by atoms with van der Waals surface area (Å²) in [5.74, 6) is -0.0638. The van der Waals surface area contributed by atoms with E-state index in [2.05, 4.69) is 30.9 Å². The third-order valence-corrected chi connectivity index (χ3v) is 4.96. The van der Waals surface area contributed by atoms with E-state index in [1.807, 2.05) is 38.1 Å². The highest BCUT2D eigenvalue weighted by molar-refractivity contribution is 9.10. The van der Waals surface area contributed by atoms with Crippen molar-refractivity contribution in [3.8, 4) is 11.3 Å². The molecule has 4 rings (SSSR count). The summed E-state index contributed by atoms with van der Waals surface area (Å²) in [6.45, 7) is 3.87. The number of hydrogen-bond acceptors (Lipinski definition) is 4. The van der Waals surface area contributed by atoms with Crippen LogP contribution in [0.3, 0.4) is 0 Å². The molecule has 0 fully saturated rings. The first-order valence-corrected chi connectivity index (χ1v) is 7.36. The van der Waals surface area contributed by atoms with E-state index in [9.17, 15) is 4.79 Å². The predicted molar refractivity (Wildman–Crippen MR) is 83.4 cm³/mol. The van der Waals surface area contributed by atoms with Gasteiger partial charge in [0, 0.05) is 15.6 Å². The van der Waals surface area contributed by atoms with Gasteiger partial charge in [0.15, 0.2) is 5.65 Å². The van der Waals surface area contributed by atoms with Gasteiger partial charge < -0.3 is 0 Å². The number of hydrogen-bond donors (Lipinski definition) is 0. The van der Waals surface area contributed by atoms with Crippen LogP contribution in [0.15, 0.2) is 28.7 Å². The van der Waals surface area contributed by atoms with Crippen molar-refractivity contribution in [2.24, 2.45) is 0 Å². The molecule has 0 unspecified atom stereocenters. The fraction of sp³-hybridized carbons (Fsp3) is 0.125. The minimum atomic E-state index is -0.0638. The lowest BCUT2D eigenvalue weighted by Crippen LogP contribution is -2.03. The van der Waals surface area contributed by atoms with Crippen molar-refractivity contribution in [1.82, 2.24) is 15.0 Å². The zero-order valence-corrected chi connectivity index (χ0v) is 13.0. The molecule has 1 aromatic carbocycles. The molecule has 0 bridgehead atoms. The van der Waals surface area contributed by atoms with E-state index in [0.29, 0.717) is 28.1 Å². The molecule has 1 aliphatic carbocycles. The van der Waals surface area contributed by atoms with Gasteiger partial charge in [-0.1, -0.05) is 24.3 Å². The summed E-state index contributed by atoms with van der Waals surface area (Å²) >= 11 is 3.51. The molecule has 0 saturated heterocycles. The summed E-state index contributed by atoms with van der Waals surface area (Å²) in [6, 6.07) is 7.47. The van der Waals surface area contributed by atoms with Crippen molar-refractivity contribution in [1.29, 1.82) is 0 Å². The lowest BCUT2D eigenvalue weighted by atomic mass is 10.1. The van der Waals surface area contributed by atoms with Crippen LogP contribution in [0.1, 0.15) is 27.3 Å². The van der Waals surface area contributed by atoms with Crippen LogP contribution in [0.2, 0.25) is 0 Å². The van der Waals surface area contributed by atoms with Gasteiger partial charge in [0.25, 0.3) is 0 Å². The van der Waals surface area contributed by atoms with E-state index in [-0.39, 0.29) is 5.78 Å². The van der Waals surface area contributed by atoms with Crippen molar-refractivity contribution >= 4 is 32.9 Å². The predicted octanol–water partition coefficient (Wildman–Crippen LogP) is 3.62. The molecule has 102 valence electrons. The molecule has 2 aromatic heterocycles. The van der Waals surface area contributed by atoms with Crippen LogP contribution in [0, 0.1) is 13.8 Å². The standard InChI is InChI=1S/C16H10BrN3O/c1-7-11(17)8(2)18-16-12(7)19-14-13(20-16)9-5-3-4-6-10(9)15(14)21/h3-6H,1-2H3. The molecule has 1 aliphatic rings. The second-order valence-electron chi connectivity index (χ2n) is 5.10. The minimum Gasteiger partial charge on any atom is -0.287 e. The normalized spacial score (nSPS) is 12.6. The van der Waals surface area contributed by atoms with Gasteiger partial charge >= 0.3 is 0 Å². The molecule has 3 aromatic rings. The smallest absolute Gasteiger partial charge is 0.214 e. The van der Waals surface area contributed by atoms with Crippen LogP contribution in [-0.2, 0) is 0 Å². The van der Waals surface area contributed by atoms with Gasteiger partial charge in [0.2, 0.25) is 5.78 Å². The number of fused-ring (bicyclic) bond motifs is 4. The van der Waals surface area contributed by atoms with E-state index in [1.54, 1.807) is 0 Å². The summed E-state index contributed by atoms with van der Waals surface area (Å²) in [5.41, 5.74) is 5.64. The second-order valence-corrected chi connectivity index (χ2v) is 5.90. The van der Waals surface area contributed by atoms with Gasteiger partial charge in [0.05, 0.1) is 5.69 Å². The molecule has 0 radical (unpaired) electrons. The minimum absolute atomic E-state index is 0.0638. The van der Waals surface area contributed by atoms with Gasteiger partial charge in [-0.25, -0.2) is 15.0 Å². The van der Waals surface area contributed by atoms with E-state index in [0.717, 1.165) is 21.3 Å².